The molecular weight excluding hydrogens is 271 g/mol. The number of anilines is 2. The Morgan fingerprint density at radius 3 is 2.48 bits per heavy atom. The molecule has 0 aromatic heterocycles. The monoisotopic (exact) mass is 296 g/mol. The molecule has 0 fully saturated rings. The van der Waals surface area contributed by atoms with Gasteiger partial charge in [0.25, 0.3) is 0 Å². The third-order valence-electron chi connectivity index (χ3n) is 3.77. The summed E-state index contributed by atoms with van der Waals surface area (Å²) >= 11 is 0. The highest BCUT2D eigenvalue weighted by atomic mass is 19.1. The molecule has 0 radical (unpaired) electrons. The third-order valence-corrected chi connectivity index (χ3v) is 3.77. The molecule has 5 heteroatoms. The van der Waals surface area contributed by atoms with Crippen molar-refractivity contribution in [1.82, 2.24) is 0 Å². The zero-order chi connectivity index (χ0) is 16.0. The highest BCUT2D eigenvalue weighted by Gasteiger charge is 2.18. The maximum absolute atomic E-state index is 14.0. The average molecular weight is 296 g/mol. The first-order valence-electron chi connectivity index (χ1n) is 7.47. The van der Waals surface area contributed by atoms with E-state index in [-0.39, 0.29) is 29.6 Å². The average Bonchev–Trinajstić information content (AvgIpc) is 2.43. The first kappa shape index (κ1) is 17.3. The van der Waals surface area contributed by atoms with Gasteiger partial charge in [-0.25, -0.2) is 9.18 Å². The number of benzene rings is 1. The topological polar surface area (TPSA) is 64.3 Å². The van der Waals surface area contributed by atoms with E-state index in [2.05, 4.69) is 19.2 Å². The van der Waals surface area contributed by atoms with Crippen molar-refractivity contribution in [2.24, 2.45) is 5.92 Å². The van der Waals surface area contributed by atoms with E-state index in [1.807, 2.05) is 6.92 Å². The van der Waals surface area contributed by atoms with Gasteiger partial charge < -0.3 is 15.8 Å². The molecule has 3 N–H and O–H groups in total. The molecule has 0 amide bonds. The van der Waals surface area contributed by atoms with Crippen molar-refractivity contribution < 1.29 is 13.9 Å². The lowest BCUT2D eigenvalue weighted by atomic mass is 9.95. The number of hydrogen-bond acceptors (Lipinski definition) is 4. The molecule has 1 atom stereocenters. The van der Waals surface area contributed by atoms with Crippen LogP contribution in [-0.2, 0) is 4.74 Å². The van der Waals surface area contributed by atoms with Crippen molar-refractivity contribution in [3.63, 3.8) is 0 Å². The number of carbonyl (C=O) groups excluding carboxylic acids is 1. The van der Waals surface area contributed by atoms with Crippen LogP contribution in [0.2, 0.25) is 0 Å². The lowest BCUT2D eigenvalue weighted by Gasteiger charge is -2.24. The van der Waals surface area contributed by atoms with Crippen LogP contribution in [0.3, 0.4) is 0 Å². The maximum atomic E-state index is 14.0. The molecule has 21 heavy (non-hydrogen) atoms. The molecule has 0 saturated carbocycles. The first-order valence-corrected chi connectivity index (χ1v) is 7.47. The summed E-state index contributed by atoms with van der Waals surface area (Å²) in [6, 6.07) is 2.70. The number of carbonyl (C=O) groups is 1. The number of ether oxygens (including phenoxy) is 1. The van der Waals surface area contributed by atoms with E-state index in [0.29, 0.717) is 5.92 Å². The molecule has 0 aliphatic carbocycles. The van der Waals surface area contributed by atoms with Gasteiger partial charge in [0.1, 0.15) is 5.82 Å². The van der Waals surface area contributed by atoms with Gasteiger partial charge in [0.05, 0.1) is 17.9 Å². The standard InChI is InChI=1S/C16H25FN2O2/c1-5-11(6-2)10(4)19-15-8-12(16(20)21-7-3)14(18)9-13(15)17/h8-11,19H,5-7,18H2,1-4H3. The van der Waals surface area contributed by atoms with Gasteiger partial charge in [-0.1, -0.05) is 26.7 Å². The molecule has 118 valence electrons. The van der Waals surface area contributed by atoms with Gasteiger partial charge in [-0.3, -0.25) is 0 Å². The summed E-state index contributed by atoms with van der Waals surface area (Å²) in [7, 11) is 0. The minimum absolute atomic E-state index is 0.0895. The Morgan fingerprint density at radius 2 is 1.95 bits per heavy atom. The molecule has 4 nitrogen and oxygen atoms in total. The highest BCUT2D eigenvalue weighted by molar-refractivity contribution is 5.96. The van der Waals surface area contributed by atoms with E-state index in [1.165, 1.54) is 6.07 Å². The maximum Gasteiger partial charge on any atom is 0.340 e. The Kier molecular flexibility index (Phi) is 6.46. The Morgan fingerprint density at radius 1 is 1.33 bits per heavy atom. The number of rotatable bonds is 7. The number of nitrogen functional groups attached to an aromatic ring is 1. The van der Waals surface area contributed by atoms with Crippen LogP contribution >= 0.6 is 0 Å². The highest BCUT2D eigenvalue weighted by Crippen LogP contribution is 2.25. The van der Waals surface area contributed by atoms with Crippen LogP contribution in [0.1, 0.15) is 50.9 Å². The van der Waals surface area contributed by atoms with Gasteiger partial charge in [-0.05, 0) is 31.9 Å². The van der Waals surface area contributed by atoms with Gasteiger partial charge in [-0.15, -0.1) is 0 Å². The van der Waals surface area contributed by atoms with Crippen LogP contribution in [-0.4, -0.2) is 18.6 Å². The minimum atomic E-state index is -0.534. The van der Waals surface area contributed by atoms with Crippen molar-refractivity contribution in [2.75, 3.05) is 17.7 Å². The molecule has 1 unspecified atom stereocenters. The second kappa shape index (κ2) is 7.86. The molecule has 0 heterocycles. The number of nitrogens with one attached hydrogen (secondary N) is 1. The SMILES string of the molecule is CCOC(=O)c1cc(NC(C)C(CC)CC)c(F)cc1N. The summed E-state index contributed by atoms with van der Waals surface area (Å²) in [6.45, 7) is 8.19. The van der Waals surface area contributed by atoms with E-state index in [0.717, 1.165) is 18.9 Å². The fourth-order valence-electron chi connectivity index (χ4n) is 2.44. The van der Waals surface area contributed by atoms with Crippen LogP contribution in [0.4, 0.5) is 15.8 Å². The van der Waals surface area contributed by atoms with Gasteiger partial charge >= 0.3 is 5.97 Å². The first-order chi connectivity index (χ1) is 9.94. The summed E-state index contributed by atoms with van der Waals surface area (Å²) in [5, 5.41) is 3.14. The number of nitrogens with two attached hydrogens (primary N) is 1. The lowest BCUT2D eigenvalue weighted by Crippen LogP contribution is -2.25. The summed E-state index contributed by atoms with van der Waals surface area (Å²) in [5.74, 6) is -0.556. The van der Waals surface area contributed by atoms with Crippen LogP contribution in [0, 0.1) is 11.7 Å². The van der Waals surface area contributed by atoms with Gasteiger partial charge in [0.2, 0.25) is 0 Å². The fraction of sp³-hybridized carbons (Fsp3) is 0.562. The van der Waals surface area contributed by atoms with E-state index >= 15 is 0 Å². The fourth-order valence-corrected chi connectivity index (χ4v) is 2.44. The summed E-state index contributed by atoms with van der Waals surface area (Å²) in [6.07, 6.45) is 2.01. The van der Waals surface area contributed by atoms with Crippen molar-refractivity contribution >= 4 is 17.3 Å². The van der Waals surface area contributed by atoms with Crippen LogP contribution in [0.25, 0.3) is 0 Å². The number of esters is 1. The van der Waals surface area contributed by atoms with Crippen molar-refractivity contribution in [3.8, 4) is 0 Å². The summed E-state index contributed by atoms with van der Waals surface area (Å²) in [5.41, 5.74) is 6.26. The molecule has 0 aliphatic rings. The van der Waals surface area contributed by atoms with Gasteiger partial charge in [0, 0.05) is 11.7 Å². The Hall–Kier alpha value is -1.78. The van der Waals surface area contributed by atoms with E-state index in [1.54, 1.807) is 6.92 Å². The van der Waals surface area contributed by atoms with E-state index in [9.17, 15) is 9.18 Å². The molecule has 0 spiro atoms. The Bertz CT molecular complexity index is 487. The van der Waals surface area contributed by atoms with Crippen molar-refractivity contribution in [3.05, 3.63) is 23.5 Å². The zero-order valence-electron chi connectivity index (χ0n) is 13.2. The predicted octanol–water partition coefficient (Wildman–Crippen LogP) is 3.82. The van der Waals surface area contributed by atoms with Crippen molar-refractivity contribution in [2.45, 2.75) is 46.6 Å². The second-order valence-corrected chi connectivity index (χ2v) is 5.15. The Balaban J connectivity index is 3.02. The van der Waals surface area contributed by atoms with Gasteiger partial charge in [0.15, 0.2) is 0 Å². The minimum Gasteiger partial charge on any atom is -0.462 e. The quantitative estimate of drug-likeness (QED) is 0.593. The second-order valence-electron chi connectivity index (χ2n) is 5.15. The number of hydrogen-bond donors (Lipinski definition) is 2. The smallest absolute Gasteiger partial charge is 0.340 e. The number of halogens is 1. The lowest BCUT2D eigenvalue weighted by molar-refractivity contribution is 0.0527. The molecule has 1 aromatic carbocycles. The van der Waals surface area contributed by atoms with Crippen molar-refractivity contribution in [1.29, 1.82) is 0 Å². The molecular formula is C16H25FN2O2. The predicted molar refractivity (Wildman–Crippen MR) is 83.9 cm³/mol. The Labute approximate surface area is 125 Å². The zero-order valence-corrected chi connectivity index (χ0v) is 13.2. The molecule has 0 saturated heterocycles. The third kappa shape index (κ3) is 4.34. The van der Waals surface area contributed by atoms with Crippen LogP contribution < -0.4 is 11.1 Å². The van der Waals surface area contributed by atoms with Crippen LogP contribution in [0.5, 0.6) is 0 Å². The van der Waals surface area contributed by atoms with E-state index in [4.69, 9.17) is 10.5 Å². The molecule has 1 aromatic rings. The molecule has 0 aliphatic heterocycles. The summed E-state index contributed by atoms with van der Waals surface area (Å²) in [4.78, 5) is 11.8. The summed E-state index contributed by atoms with van der Waals surface area (Å²) < 4.78 is 18.9. The largest absolute Gasteiger partial charge is 0.462 e. The molecule has 1 rings (SSSR count). The normalized spacial score (nSPS) is 12.3. The molecule has 0 bridgehead atoms. The van der Waals surface area contributed by atoms with Gasteiger partial charge in [-0.2, -0.15) is 0 Å². The van der Waals surface area contributed by atoms with Crippen LogP contribution in [0.15, 0.2) is 12.1 Å². The van der Waals surface area contributed by atoms with E-state index < -0.39 is 11.8 Å².